The van der Waals surface area contributed by atoms with E-state index in [0.29, 0.717) is 12.5 Å². The molecule has 0 spiro atoms. The summed E-state index contributed by atoms with van der Waals surface area (Å²) in [4.78, 5) is 11.8. The molecule has 0 bridgehead atoms. The molecule has 0 saturated carbocycles. The van der Waals surface area contributed by atoms with E-state index in [2.05, 4.69) is 24.5 Å². The molecule has 106 valence electrons. The summed E-state index contributed by atoms with van der Waals surface area (Å²) in [5.41, 5.74) is 0.108. The van der Waals surface area contributed by atoms with Crippen molar-refractivity contribution in [3.8, 4) is 0 Å². The summed E-state index contributed by atoms with van der Waals surface area (Å²) >= 11 is 0. The second-order valence-corrected chi connectivity index (χ2v) is 6.02. The van der Waals surface area contributed by atoms with E-state index in [9.17, 15) is 4.79 Å². The predicted octanol–water partition coefficient (Wildman–Crippen LogP) is 1.70. The van der Waals surface area contributed by atoms with Gasteiger partial charge in [-0.3, -0.25) is 4.79 Å². The van der Waals surface area contributed by atoms with Crippen LogP contribution in [0.2, 0.25) is 0 Å². The van der Waals surface area contributed by atoms with Gasteiger partial charge < -0.3 is 15.4 Å². The van der Waals surface area contributed by atoms with Crippen molar-refractivity contribution in [2.75, 3.05) is 26.8 Å². The van der Waals surface area contributed by atoms with Crippen molar-refractivity contribution in [3.05, 3.63) is 0 Å². The summed E-state index contributed by atoms with van der Waals surface area (Å²) in [5.74, 6) is 0.175. The molecular formula is C14H28N2O2. The SMILES string of the molecule is COCCC(C)(C)CNC(=O)CCC1CCCN1. The van der Waals surface area contributed by atoms with Gasteiger partial charge in [0.15, 0.2) is 0 Å². The highest BCUT2D eigenvalue weighted by Gasteiger charge is 2.19. The van der Waals surface area contributed by atoms with Crippen molar-refractivity contribution in [2.24, 2.45) is 5.41 Å². The molecule has 1 aliphatic heterocycles. The smallest absolute Gasteiger partial charge is 0.220 e. The van der Waals surface area contributed by atoms with Crippen molar-refractivity contribution in [1.82, 2.24) is 10.6 Å². The highest BCUT2D eigenvalue weighted by molar-refractivity contribution is 5.75. The number of ether oxygens (including phenoxy) is 1. The fourth-order valence-electron chi connectivity index (χ4n) is 2.20. The van der Waals surface area contributed by atoms with Gasteiger partial charge in [-0.15, -0.1) is 0 Å². The molecule has 4 nitrogen and oxygen atoms in total. The number of hydrogen-bond donors (Lipinski definition) is 2. The van der Waals surface area contributed by atoms with E-state index in [1.165, 1.54) is 12.8 Å². The van der Waals surface area contributed by atoms with Crippen LogP contribution in [0, 0.1) is 5.41 Å². The van der Waals surface area contributed by atoms with Crippen LogP contribution in [0.25, 0.3) is 0 Å². The van der Waals surface area contributed by atoms with Gasteiger partial charge in [-0.25, -0.2) is 0 Å². The number of carbonyl (C=O) groups excluding carboxylic acids is 1. The lowest BCUT2D eigenvalue weighted by Gasteiger charge is -2.24. The van der Waals surface area contributed by atoms with Gasteiger partial charge in [0.1, 0.15) is 0 Å². The van der Waals surface area contributed by atoms with Crippen LogP contribution in [0.1, 0.15) is 46.0 Å². The molecule has 1 aliphatic rings. The Morgan fingerprint density at radius 1 is 1.50 bits per heavy atom. The van der Waals surface area contributed by atoms with Crippen molar-refractivity contribution in [2.45, 2.75) is 52.0 Å². The summed E-state index contributed by atoms with van der Waals surface area (Å²) in [6.07, 6.45) is 5.03. The van der Waals surface area contributed by atoms with Gasteiger partial charge >= 0.3 is 0 Å². The van der Waals surface area contributed by atoms with Crippen molar-refractivity contribution in [1.29, 1.82) is 0 Å². The third-order valence-corrected chi connectivity index (χ3v) is 3.63. The number of nitrogens with one attached hydrogen (secondary N) is 2. The van der Waals surface area contributed by atoms with Crippen LogP contribution >= 0.6 is 0 Å². The standard InChI is InChI=1S/C14H28N2O2/c1-14(2,8-10-18-3)11-16-13(17)7-6-12-5-4-9-15-12/h12,15H,4-11H2,1-3H3,(H,16,17). The molecule has 0 aliphatic carbocycles. The molecule has 1 atom stereocenters. The Morgan fingerprint density at radius 2 is 2.28 bits per heavy atom. The first kappa shape index (κ1) is 15.4. The van der Waals surface area contributed by atoms with E-state index in [1.54, 1.807) is 7.11 Å². The fraction of sp³-hybridized carbons (Fsp3) is 0.929. The van der Waals surface area contributed by atoms with E-state index in [-0.39, 0.29) is 11.3 Å². The maximum Gasteiger partial charge on any atom is 0.220 e. The third kappa shape index (κ3) is 6.36. The first-order valence-electron chi connectivity index (χ1n) is 7.02. The molecule has 1 unspecified atom stereocenters. The molecule has 0 aromatic heterocycles. The monoisotopic (exact) mass is 256 g/mol. The lowest BCUT2D eigenvalue weighted by Crippen LogP contribution is -2.35. The molecule has 1 rings (SSSR count). The minimum absolute atomic E-state index is 0.108. The number of methoxy groups -OCH3 is 1. The van der Waals surface area contributed by atoms with Crippen molar-refractivity contribution >= 4 is 5.91 Å². The average Bonchev–Trinajstić information content (AvgIpc) is 2.84. The summed E-state index contributed by atoms with van der Waals surface area (Å²) in [7, 11) is 1.71. The van der Waals surface area contributed by atoms with E-state index >= 15 is 0 Å². The Hall–Kier alpha value is -0.610. The molecule has 1 heterocycles. The average molecular weight is 256 g/mol. The molecule has 2 N–H and O–H groups in total. The largest absolute Gasteiger partial charge is 0.385 e. The summed E-state index contributed by atoms with van der Waals surface area (Å²) in [6, 6.07) is 0.553. The Balaban J connectivity index is 2.11. The number of amides is 1. The Kier molecular flexibility index (Phi) is 6.65. The van der Waals surface area contributed by atoms with E-state index < -0.39 is 0 Å². The van der Waals surface area contributed by atoms with Crippen molar-refractivity contribution in [3.63, 3.8) is 0 Å². The van der Waals surface area contributed by atoms with Crippen LogP contribution in [0.15, 0.2) is 0 Å². The number of hydrogen-bond acceptors (Lipinski definition) is 3. The zero-order chi connectivity index (χ0) is 13.4. The highest BCUT2D eigenvalue weighted by atomic mass is 16.5. The number of rotatable bonds is 8. The van der Waals surface area contributed by atoms with Crippen LogP contribution < -0.4 is 10.6 Å². The normalized spacial score (nSPS) is 20.1. The Bertz CT molecular complexity index is 248. The second kappa shape index (κ2) is 7.74. The van der Waals surface area contributed by atoms with Gasteiger partial charge in [0.25, 0.3) is 0 Å². The van der Waals surface area contributed by atoms with Crippen molar-refractivity contribution < 1.29 is 9.53 Å². The van der Waals surface area contributed by atoms with Gasteiger partial charge in [-0.1, -0.05) is 13.8 Å². The zero-order valence-electron chi connectivity index (χ0n) is 12.1. The minimum atomic E-state index is 0.108. The molecule has 4 heteroatoms. The van der Waals surface area contributed by atoms with Gasteiger partial charge in [0.2, 0.25) is 5.91 Å². The molecule has 1 amide bonds. The first-order valence-corrected chi connectivity index (χ1v) is 7.02. The van der Waals surface area contributed by atoms with Crippen LogP contribution in [0.3, 0.4) is 0 Å². The van der Waals surface area contributed by atoms with E-state index in [4.69, 9.17) is 4.74 Å². The maximum absolute atomic E-state index is 11.8. The third-order valence-electron chi connectivity index (χ3n) is 3.63. The van der Waals surface area contributed by atoms with E-state index in [0.717, 1.165) is 32.5 Å². The Morgan fingerprint density at radius 3 is 2.89 bits per heavy atom. The van der Waals surface area contributed by atoms with Gasteiger partial charge in [0, 0.05) is 32.7 Å². The van der Waals surface area contributed by atoms with E-state index in [1.807, 2.05) is 0 Å². The zero-order valence-corrected chi connectivity index (χ0v) is 12.1. The first-order chi connectivity index (χ1) is 8.53. The van der Waals surface area contributed by atoms with Crippen LogP contribution in [0.5, 0.6) is 0 Å². The second-order valence-electron chi connectivity index (χ2n) is 6.02. The molecule has 0 aromatic carbocycles. The fourth-order valence-corrected chi connectivity index (χ4v) is 2.20. The quantitative estimate of drug-likeness (QED) is 0.695. The molecular weight excluding hydrogens is 228 g/mol. The van der Waals surface area contributed by atoms with Gasteiger partial charge in [0.05, 0.1) is 0 Å². The summed E-state index contributed by atoms with van der Waals surface area (Å²) in [5, 5.41) is 6.45. The Labute approximate surface area is 111 Å². The van der Waals surface area contributed by atoms with Crippen LogP contribution in [0.4, 0.5) is 0 Å². The molecule has 18 heavy (non-hydrogen) atoms. The molecule has 0 aromatic rings. The van der Waals surface area contributed by atoms with Gasteiger partial charge in [-0.2, -0.15) is 0 Å². The summed E-state index contributed by atoms with van der Waals surface area (Å²) < 4.78 is 5.08. The summed E-state index contributed by atoms with van der Waals surface area (Å²) in [6.45, 7) is 6.90. The van der Waals surface area contributed by atoms with Crippen LogP contribution in [-0.4, -0.2) is 38.8 Å². The van der Waals surface area contributed by atoms with Gasteiger partial charge in [-0.05, 0) is 37.6 Å². The number of carbonyl (C=O) groups is 1. The molecule has 0 radical (unpaired) electrons. The lowest BCUT2D eigenvalue weighted by molar-refractivity contribution is -0.121. The topological polar surface area (TPSA) is 50.4 Å². The molecule has 1 saturated heterocycles. The maximum atomic E-state index is 11.8. The lowest BCUT2D eigenvalue weighted by atomic mass is 9.89. The van der Waals surface area contributed by atoms with Crippen LogP contribution in [-0.2, 0) is 9.53 Å². The predicted molar refractivity (Wildman–Crippen MR) is 73.5 cm³/mol. The molecule has 1 fully saturated rings. The minimum Gasteiger partial charge on any atom is -0.385 e. The highest BCUT2D eigenvalue weighted by Crippen LogP contribution is 2.18.